The van der Waals surface area contributed by atoms with Gasteiger partial charge in [-0.05, 0) is 66.4 Å². The Morgan fingerprint density at radius 3 is 2.00 bits per heavy atom. The number of para-hydroxylation sites is 3. The Bertz CT molecular complexity index is 2560. The second-order valence-corrected chi connectivity index (χ2v) is 12.1. The maximum atomic E-state index is 6.46. The second kappa shape index (κ2) is 11.3. The number of hydrogen-bond acceptors (Lipinski definition) is 3. The van der Waals surface area contributed by atoms with Gasteiger partial charge >= 0.3 is 0 Å². The molecule has 48 heavy (non-hydrogen) atoms. The monoisotopic (exact) mass is 623 g/mol. The Kier molecular flexibility index (Phi) is 6.61. The molecule has 0 amide bonds. The third-order valence-corrected chi connectivity index (χ3v) is 9.42. The van der Waals surface area contributed by atoms with E-state index in [1.54, 1.807) is 6.20 Å². The van der Waals surface area contributed by atoms with E-state index >= 15 is 0 Å². The molecule has 0 aliphatic rings. The first-order valence-electron chi connectivity index (χ1n) is 16.5. The summed E-state index contributed by atoms with van der Waals surface area (Å²) in [6, 6.07) is 42.5. The van der Waals surface area contributed by atoms with Gasteiger partial charge in [0.15, 0.2) is 0 Å². The highest BCUT2D eigenvalue weighted by molar-refractivity contribution is 6.12. The molecule has 0 saturated carbocycles. The van der Waals surface area contributed by atoms with Gasteiger partial charge in [0.1, 0.15) is 17.3 Å². The van der Waals surface area contributed by atoms with Crippen LogP contribution >= 0.6 is 0 Å². The standard InChI is InChI=1S/C42H33N5O/c1-3-28-11-7-16-36-37-17-8-12-29(4-2)42(37)46(41(28)36)31-21-23-43-40(26-31)47-38-18-6-5-15-34(38)35-20-19-33(27-39(35)47)48-32-14-9-13-30(25-32)45-24-10-22-44-45/h5-27H,3-4H2,1-2H3. The average molecular weight is 624 g/mol. The molecule has 0 aliphatic heterocycles. The minimum Gasteiger partial charge on any atom is -0.457 e. The smallest absolute Gasteiger partial charge is 0.139 e. The zero-order chi connectivity index (χ0) is 32.2. The molecular weight excluding hydrogens is 590 g/mol. The lowest BCUT2D eigenvalue weighted by Crippen LogP contribution is -2.03. The molecule has 0 bridgehead atoms. The number of pyridine rings is 1. The van der Waals surface area contributed by atoms with Crippen molar-refractivity contribution < 1.29 is 4.74 Å². The average Bonchev–Trinajstić information content (AvgIpc) is 3.87. The molecule has 0 unspecified atom stereocenters. The van der Waals surface area contributed by atoms with Crippen molar-refractivity contribution >= 4 is 43.6 Å². The van der Waals surface area contributed by atoms with E-state index in [0.29, 0.717) is 0 Å². The van der Waals surface area contributed by atoms with E-state index in [2.05, 4.69) is 113 Å². The predicted octanol–water partition coefficient (Wildman–Crippen LogP) is 10.4. The molecular formula is C42H33N5O. The SMILES string of the molecule is CCc1cccc2c3cccc(CC)c3n(-c3ccnc(-n4c5ccccc5c5ccc(Oc6cccc(-n7cccn7)c6)cc54)c3)c12. The van der Waals surface area contributed by atoms with Crippen molar-refractivity contribution in [2.75, 3.05) is 0 Å². The topological polar surface area (TPSA) is 49.8 Å². The van der Waals surface area contributed by atoms with Crippen LogP contribution in [0.25, 0.3) is 60.8 Å². The van der Waals surface area contributed by atoms with E-state index in [-0.39, 0.29) is 0 Å². The van der Waals surface area contributed by atoms with Gasteiger partial charge in [-0.25, -0.2) is 9.67 Å². The Morgan fingerprint density at radius 1 is 0.542 bits per heavy atom. The summed E-state index contributed by atoms with van der Waals surface area (Å²) in [5, 5.41) is 9.26. The van der Waals surface area contributed by atoms with Crippen molar-refractivity contribution in [2.24, 2.45) is 0 Å². The first kappa shape index (κ1) is 28.1. The number of aromatic nitrogens is 5. The molecule has 0 N–H and O–H groups in total. The molecule has 6 heteroatoms. The van der Waals surface area contributed by atoms with Gasteiger partial charge in [0, 0.05) is 58.3 Å². The number of fused-ring (bicyclic) bond motifs is 6. The summed E-state index contributed by atoms with van der Waals surface area (Å²) >= 11 is 0. The van der Waals surface area contributed by atoms with Gasteiger partial charge in [-0.2, -0.15) is 5.10 Å². The van der Waals surface area contributed by atoms with Gasteiger partial charge in [0.2, 0.25) is 0 Å². The highest BCUT2D eigenvalue weighted by Gasteiger charge is 2.19. The van der Waals surface area contributed by atoms with Crippen LogP contribution in [0, 0.1) is 0 Å². The Balaban J connectivity index is 1.24. The largest absolute Gasteiger partial charge is 0.457 e. The molecule has 0 saturated heterocycles. The predicted molar refractivity (Wildman–Crippen MR) is 195 cm³/mol. The van der Waals surface area contributed by atoms with Crippen molar-refractivity contribution in [1.29, 1.82) is 0 Å². The molecule has 0 spiro atoms. The molecule has 0 atom stereocenters. The summed E-state index contributed by atoms with van der Waals surface area (Å²) < 4.78 is 13.0. The lowest BCUT2D eigenvalue weighted by molar-refractivity contribution is 0.483. The van der Waals surface area contributed by atoms with Crippen molar-refractivity contribution in [3.63, 3.8) is 0 Å². The van der Waals surface area contributed by atoms with Gasteiger partial charge in [0.25, 0.3) is 0 Å². The molecule has 0 radical (unpaired) electrons. The van der Waals surface area contributed by atoms with Crippen LogP contribution in [0.15, 0.2) is 140 Å². The van der Waals surface area contributed by atoms with Crippen molar-refractivity contribution in [2.45, 2.75) is 26.7 Å². The zero-order valence-electron chi connectivity index (χ0n) is 26.8. The highest BCUT2D eigenvalue weighted by Crippen LogP contribution is 2.38. The number of hydrogen-bond donors (Lipinski definition) is 0. The summed E-state index contributed by atoms with van der Waals surface area (Å²) in [5.74, 6) is 2.35. The third kappa shape index (κ3) is 4.41. The van der Waals surface area contributed by atoms with Crippen LogP contribution in [0.2, 0.25) is 0 Å². The number of ether oxygens (including phenoxy) is 1. The first-order chi connectivity index (χ1) is 23.7. The van der Waals surface area contributed by atoms with Crippen LogP contribution in [-0.4, -0.2) is 23.9 Å². The van der Waals surface area contributed by atoms with Crippen molar-refractivity contribution in [3.8, 4) is 28.7 Å². The van der Waals surface area contributed by atoms with Gasteiger partial charge in [-0.15, -0.1) is 0 Å². The fraction of sp³-hybridized carbons (Fsp3) is 0.0952. The first-order valence-corrected chi connectivity index (χ1v) is 16.5. The number of benzene rings is 5. The fourth-order valence-electron chi connectivity index (χ4n) is 7.26. The zero-order valence-corrected chi connectivity index (χ0v) is 26.8. The Morgan fingerprint density at radius 2 is 1.25 bits per heavy atom. The highest BCUT2D eigenvalue weighted by atomic mass is 16.5. The van der Waals surface area contributed by atoms with Crippen LogP contribution in [0.3, 0.4) is 0 Å². The molecule has 5 aromatic carbocycles. The van der Waals surface area contributed by atoms with Gasteiger partial charge in [-0.3, -0.25) is 4.57 Å². The summed E-state index contributed by atoms with van der Waals surface area (Å²) in [6.07, 6.45) is 7.54. The van der Waals surface area contributed by atoms with Crippen LogP contribution in [0.4, 0.5) is 0 Å². The van der Waals surface area contributed by atoms with E-state index < -0.39 is 0 Å². The normalized spacial score (nSPS) is 11.7. The van der Waals surface area contributed by atoms with Crippen LogP contribution in [-0.2, 0) is 12.8 Å². The van der Waals surface area contributed by atoms with E-state index in [9.17, 15) is 0 Å². The van der Waals surface area contributed by atoms with E-state index in [0.717, 1.165) is 58.0 Å². The third-order valence-electron chi connectivity index (χ3n) is 9.42. The number of nitrogens with zero attached hydrogens (tertiary/aromatic N) is 5. The molecule has 6 nitrogen and oxygen atoms in total. The van der Waals surface area contributed by atoms with E-state index in [1.807, 2.05) is 53.5 Å². The van der Waals surface area contributed by atoms with E-state index in [1.165, 1.54) is 38.3 Å². The molecule has 4 heterocycles. The summed E-state index contributed by atoms with van der Waals surface area (Å²) in [6.45, 7) is 4.47. The number of aryl methyl sites for hydroxylation is 2. The maximum absolute atomic E-state index is 6.46. The fourth-order valence-corrected chi connectivity index (χ4v) is 7.26. The lowest BCUT2D eigenvalue weighted by atomic mass is 10.1. The van der Waals surface area contributed by atoms with Gasteiger partial charge in [-0.1, -0.05) is 74.5 Å². The van der Waals surface area contributed by atoms with E-state index in [4.69, 9.17) is 9.72 Å². The minimum atomic E-state index is 0.745. The van der Waals surface area contributed by atoms with Crippen LogP contribution in [0.1, 0.15) is 25.0 Å². The summed E-state index contributed by atoms with van der Waals surface area (Å²) in [7, 11) is 0. The summed E-state index contributed by atoms with van der Waals surface area (Å²) in [4.78, 5) is 4.99. The molecule has 4 aromatic heterocycles. The van der Waals surface area contributed by atoms with Crippen LogP contribution < -0.4 is 4.74 Å². The summed E-state index contributed by atoms with van der Waals surface area (Å²) in [5.41, 5.74) is 9.37. The minimum absolute atomic E-state index is 0.745. The lowest BCUT2D eigenvalue weighted by Gasteiger charge is -2.15. The molecule has 232 valence electrons. The quantitative estimate of drug-likeness (QED) is 0.177. The Hall–Kier alpha value is -6.14. The van der Waals surface area contributed by atoms with Crippen molar-refractivity contribution in [3.05, 3.63) is 151 Å². The Labute approximate surface area is 278 Å². The van der Waals surface area contributed by atoms with Gasteiger partial charge in [0.05, 0.1) is 33.4 Å². The maximum Gasteiger partial charge on any atom is 0.139 e. The van der Waals surface area contributed by atoms with Gasteiger partial charge < -0.3 is 9.30 Å². The molecule has 9 rings (SSSR count). The second-order valence-electron chi connectivity index (χ2n) is 12.1. The molecule has 9 aromatic rings. The molecule has 0 fully saturated rings. The number of rotatable bonds is 7. The molecule has 0 aliphatic carbocycles. The van der Waals surface area contributed by atoms with Crippen molar-refractivity contribution in [1.82, 2.24) is 23.9 Å². The van der Waals surface area contributed by atoms with Crippen LogP contribution in [0.5, 0.6) is 11.5 Å².